The first-order chi connectivity index (χ1) is 10.8. The highest BCUT2D eigenvalue weighted by atomic mass is 31.1. The molecular weight excluding hydrogens is 299 g/mol. The Morgan fingerprint density at radius 1 is 0.783 bits per heavy atom. The van der Waals surface area contributed by atoms with Crippen molar-refractivity contribution in [3.63, 3.8) is 0 Å². The number of rotatable bonds is 2. The van der Waals surface area contributed by atoms with E-state index in [1.807, 2.05) is 0 Å². The predicted molar refractivity (Wildman–Crippen MR) is 101 cm³/mol. The summed E-state index contributed by atoms with van der Waals surface area (Å²) in [5.74, 6) is 0.413. The van der Waals surface area contributed by atoms with Crippen LogP contribution in [0.4, 0.5) is 0 Å². The van der Waals surface area contributed by atoms with Gasteiger partial charge in [-0.3, -0.25) is 4.79 Å². The molecule has 0 unspecified atom stereocenters. The molecule has 1 aliphatic rings. The van der Waals surface area contributed by atoms with Gasteiger partial charge in [-0.15, -0.1) is 0 Å². The number of carbonyl (C=O) groups is 1. The van der Waals surface area contributed by atoms with Gasteiger partial charge in [-0.25, -0.2) is 0 Å². The number of carbonyl (C=O) groups excluding carboxylic acids is 1. The monoisotopic (exact) mass is 324 g/mol. The van der Waals surface area contributed by atoms with Crippen molar-refractivity contribution in [2.75, 3.05) is 0 Å². The lowest BCUT2D eigenvalue weighted by molar-refractivity contribution is -0.120. The minimum Gasteiger partial charge on any atom is -0.300 e. The van der Waals surface area contributed by atoms with E-state index < -0.39 is 7.92 Å². The summed E-state index contributed by atoms with van der Waals surface area (Å²) in [5.41, 5.74) is 2.60. The molecule has 120 valence electrons. The molecule has 23 heavy (non-hydrogen) atoms. The Morgan fingerprint density at radius 2 is 1.30 bits per heavy atom. The molecule has 1 heterocycles. The van der Waals surface area contributed by atoms with Crippen LogP contribution in [0.3, 0.4) is 0 Å². The Hall–Kier alpha value is -1.46. The molecule has 0 radical (unpaired) electrons. The third-order valence-electron chi connectivity index (χ3n) is 4.70. The van der Waals surface area contributed by atoms with Crippen molar-refractivity contribution in [1.82, 2.24) is 0 Å². The lowest BCUT2D eigenvalue weighted by atomic mass is 9.96. The second kappa shape index (κ2) is 5.87. The summed E-state index contributed by atoms with van der Waals surface area (Å²) in [6.07, 6.45) is 1.40. The van der Waals surface area contributed by atoms with Gasteiger partial charge in [0.05, 0.1) is 0 Å². The molecule has 0 spiro atoms. The molecule has 1 saturated heterocycles. The zero-order valence-electron chi connectivity index (χ0n) is 14.5. The van der Waals surface area contributed by atoms with Crippen LogP contribution in [0.1, 0.15) is 40.5 Å². The molecule has 1 fully saturated rings. The van der Waals surface area contributed by atoms with Gasteiger partial charge in [0.15, 0.2) is 0 Å². The summed E-state index contributed by atoms with van der Waals surface area (Å²) >= 11 is 0. The van der Waals surface area contributed by atoms with Crippen molar-refractivity contribution in [3.8, 4) is 11.1 Å². The molecule has 0 atom stereocenters. The van der Waals surface area contributed by atoms with Crippen LogP contribution < -0.4 is 5.30 Å². The summed E-state index contributed by atoms with van der Waals surface area (Å²) in [5, 5.41) is 1.52. The SMILES string of the molecule is CC1(C)CC(=O)CC(C)(C)P1c1ccccc1-c1ccccc1. The summed E-state index contributed by atoms with van der Waals surface area (Å²) in [4.78, 5) is 12.2. The van der Waals surface area contributed by atoms with Crippen molar-refractivity contribution < 1.29 is 4.79 Å². The summed E-state index contributed by atoms with van der Waals surface area (Å²) in [6, 6.07) is 19.4. The quantitative estimate of drug-likeness (QED) is 0.678. The van der Waals surface area contributed by atoms with Crippen LogP contribution in [0.25, 0.3) is 11.1 Å². The second-order valence-electron chi connectivity index (χ2n) is 7.74. The zero-order chi connectivity index (χ0) is 16.7. The van der Waals surface area contributed by atoms with E-state index in [0.29, 0.717) is 18.6 Å². The Balaban J connectivity index is 2.16. The molecule has 1 aliphatic heterocycles. The Kier molecular flexibility index (Phi) is 4.19. The summed E-state index contributed by atoms with van der Waals surface area (Å²) in [6.45, 7) is 9.11. The number of hydrogen-bond acceptors (Lipinski definition) is 1. The average Bonchev–Trinajstić information content (AvgIpc) is 2.45. The normalized spacial score (nSPS) is 20.4. The van der Waals surface area contributed by atoms with Crippen molar-refractivity contribution in [2.45, 2.75) is 50.8 Å². The van der Waals surface area contributed by atoms with Gasteiger partial charge in [0.25, 0.3) is 0 Å². The van der Waals surface area contributed by atoms with Crippen LogP contribution in [0.5, 0.6) is 0 Å². The van der Waals surface area contributed by atoms with Crippen molar-refractivity contribution in [3.05, 3.63) is 54.6 Å². The summed E-state index contributed by atoms with van der Waals surface area (Å²) in [7, 11) is -0.445. The lowest BCUT2D eigenvalue weighted by Crippen LogP contribution is -2.43. The van der Waals surface area contributed by atoms with E-state index in [0.717, 1.165) is 0 Å². The Labute approximate surface area is 140 Å². The maximum atomic E-state index is 12.2. The minimum atomic E-state index is -0.445. The number of Topliss-reactive ketones (excluding diaryl/α,β-unsaturated/α-hetero) is 1. The first-order valence-corrected chi connectivity index (χ1v) is 9.62. The van der Waals surface area contributed by atoms with Crippen LogP contribution in [0, 0.1) is 0 Å². The average molecular weight is 324 g/mol. The topological polar surface area (TPSA) is 17.1 Å². The van der Waals surface area contributed by atoms with E-state index in [2.05, 4.69) is 82.3 Å². The molecule has 1 nitrogen and oxygen atoms in total. The standard InChI is InChI=1S/C21H25OP/c1-20(2)14-17(22)15-21(3,4)23(20)19-13-9-8-12-18(19)16-10-6-5-7-11-16/h5-13H,14-15H2,1-4H3. The number of benzene rings is 2. The predicted octanol–water partition coefficient (Wildman–Crippen LogP) is 5.38. The number of ketones is 1. The largest absolute Gasteiger partial charge is 0.300 e. The van der Waals surface area contributed by atoms with Crippen LogP contribution in [0.2, 0.25) is 0 Å². The highest BCUT2D eigenvalue weighted by Gasteiger charge is 2.48. The fourth-order valence-corrected chi connectivity index (χ4v) is 8.48. The molecule has 0 amide bonds. The molecule has 0 aliphatic carbocycles. The number of hydrogen-bond donors (Lipinski definition) is 0. The molecule has 0 bridgehead atoms. The Bertz CT molecular complexity index is 696. The van der Waals surface area contributed by atoms with Crippen molar-refractivity contribution >= 4 is 19.0 Å². The minimum absolute atomic E-state index is 0.0407. The maximum Gasteiger partial charge on any atom is 0.134 e. The van der Waals surface area contributed by atoms with Gasteiger partial charge in [0, 0.05) is 12.8 Å². The van der Waals surface area contributed by atoms with Crippen LogP contribution in [-0.4, -0.2) is 16.1 Å². The first-order valence-electron chi connectivity index (χ1n) is 8.28. The fraction of sp³-hybridized carbons (Fsp3) is 0.381. The maximum absolute atomic E-state index is 12.2. The van der Waals surface area contributed by atoms with E-state index in [1.165, 1.54) is 16.4 Å². The van der Waals surface area contributed by atoms with Crippen molar-refractivity contribution in [1.29, 1.82) is 0 Å². The molecule has 3 rings (SSSR count). The van der Waals surface area contributed by atoms with Crippen molar-refractivity contribution in [2.24, 2.45) is 0 Å². The molecule has 2 heteroatoms. The van der Waals surface area contributed by atoms with Gasteiger partial charge in [0.2, 0.25) is 0 Å². The zero-order valence-corrected chi connectivity index (χ0v) is 15.4. The molecule has 0 saturated carbocycles. The van der Waals surface area contributed by atoms with Gasteiger partial charge in [0.1, 0.15) is 5.78 Å². The van der Waals surface area contributed by atoms with E-state index >= 15 is 0 Å². The van der Waals surface area contributed by atoms with Gasteiger partial charge in [-0.2, -0.15) is 0 Å². The van der Waals surface area contributed by atoms with E-state index in [1.54, 1.807) is 0 Å². The molecule has 2 aromatic carbocycles. The van der Waals surface area contributed by atoms with E-state index in [-0.39, 0.29) is 10.3 Å². The molecule has 0 aromatic heterocycles. The highest BCUT2D eigenvalue weighted by Crippen LogP contribution is 2.64. The van der Waals surface area contributed by atoms with Crippen LogP contribution >= 0.6 is 7.92 Å². The van der Waals surface area contributed by atoms with Gasteiger partial charge < -0.3 is 0 Å². The second-order valence-corrected chi connectivity index (χ2v) is 11.3. The molecule has 0 N–H and O–H groups in total. The Morgan fingerprint density at radius 3 is 1.91 bits per heavy atom. The van der Waals surface area contributed by atoms with E-state index in [9.17, 15) is 4.79 Å². The van der Waals surface area contributed by atoms with Gasteiger partial charge in [-0.1, -0.05) is 90.2 Å². The first kappa shape index (κ1) is 16.4. The van der Waals surface area contributed by atoms with Crippen LogP contribution in [-0.2, 0) is 4.79 Å². The lowest BCUT2D eigenvalue weighted by Gasteiger charge is -2.49. The van der Waals surface area contributed by atoms with E-state index in [4.69, 9.17) is 0 Å². The third-order valence-corrected chi connectivity index (χ3v) is 8.31. The smallest absolute Gasteiger partial charge is 0.134 e. The molecule has 2 aromatic rings. The third kappa shape index (κ3) is 3.12. The molecular formula is C21H25OP. The fourth-order valence-electron chi connectivity index (χ4n) is 4.19. The van der Waals surface area contributed by atoms with Gasteiger partial charge >= 0.3 is 0 Å². The highest BCUT2D eigenvalue weighted by molar-refractivity contribution is 7.69. The summed E-state index contributed by atoms with van der Waals surface area (Å²) < 4.78 is 0. The van der Waals surface area contributed by atoms with Gasteiger partial charge in [-0.05, 0) is 26.7 Å². The van der Waals surface area contributed by atoms with Crippen LogP contribution in [0.15, 0.2) is 54.6 Å².